The molecule has 0 bridgehead atoms. The molecule has 0 saturated carbocycles. The first-order valence-electron chi connectivity index (χ1n) is 0.500. The van der Waals surface area contributed by atoms with Crippen molar-refractivity contribution >= 4 is 0 Å². The zero-order chi connectivity index (χ0) is 2.00. The Bertz CT molecular complexity index is 12.5. The van der Waals surface area contributed by atoms with E-state index in [4.69, 9.17) is 0 Å². The van der Waals surface area contributed by atoms with Crippen molar-refractivity contribution in [3.05, 3.63) is 13.2 Å². The van der Waals surface area contributed by atoms with Crippen LogP contribution in [0.3, 0.4) is 0 Å². The number of hydrogen-bond donors (Lipinski definition) is 0. The summed E-state index contributed by atoms with van der Waals surface area (Å²) in [5, 5.41) is 0. The van der Waals surface area contributed by atoms with Crippen LogP contribution in [0.4, 0.5) is 0 Å². The van der Waals surface area contributed by atoms with Gasteiger partial charge in [-0.05, 0) is 0 Å². The van der Waals surface area contributed by atoms with Gasteiger partial charge >= 0.3 is 88.7 Å². The minimum Gasteiger partial charge on any atom is -1.00 e. The van der Waals surface area contributed by atoms with Crippen molar-refractivity contribution in [2.45, 2.75) is 0 Å². The van der Waals surface area contributed by atoms with Crippen molar-refractivity contribution in [1.29, 1.82) is 0 Å². The summed E-state index contributed by atoms with van der Waals surface area (Å²) in [4.78, 5) is 0. The van der Waals surface area contributed by atoms with Gasteiger partial charge in [0.25, 0.3) is 0 Å². The summed E-state index contributed by atoms with van der Waals surface area (Å²) in [5.74, 6) is 0. The van der Waals surface area contributed by atoms with Crippen molar-refractivity contribution in [3.8, 4) is 0 Å². The zero-order valence-electron chi connectivity index (χ0n) is 7.41. The molecule has 0 nitrogen and oxygen atoms in total. The summed E-state index contributed by atoms with van der Waals surface area (Å²) in [6.07, 6.45) is 0. The van der Waals surface area contributed by atoms with Crippen LogP contribution >= 0.6 is 0 Å². The Kier molecular flexibility index (Phi) is 149. The molecule has 0 spiro atoms. The van der Waals surface area contributed by atoms with E-state index >= 15 is 0 Å². The van der Waals surface area contributed by atoms with Crippen LogP contribution in [0.1, 0.15) is 4.28 Å². The van der Waals surface area contributed by atoms with Crippen LogP contribution in [-0.4, -0.2) is 0 Å². The van der Waals surface area contributed by atoms with Crippen molar-refractivity contribution in [2.75, 3.05) is 0 Å². The summed E-state index contributed by atoms with van der Waals surface area (Å²) in [6.45, 7) is 6.00. The van der Waals surface area contributed by atoms with E-state index < -0.39 is 0 Å². The molecule has 0 fully saturated rings. The van der Waals surface area contributed by atoms with E-state index in [1.807, 2.05) is 0 Å². The van der Waals surface area contributed by atoms with E-state index in [1.54, 1.807) is 0 Å². The molecule has 0 heterocycles. The van der Waals surface area contributed by atoms with E-state index in [1.165, 1.54) is 0 Å². The Morgan fingerprint density at radius 2 is 0.800 bits per heavy atom. The van der Waals surface area contributed by atoms with Crippen LogP contribution < -0.4 is 88.7 Å². The molecule has 0 saturated heterocycles. The Balaban J connectivity index is -0.000000000333. The maximum Gasteiger partial charge on any atom is 1.00 e. The molecule has 3 heteroatoms. The van der Waals surface area contributed by atoms with Crippen LogP contribution in [0, 0.1) is 0 Å². The van der Waals surface area contributed by atoms with E-state index in [2.05, 4.69) is 13.2 Å². The molecule has 0 aromatic heterocycles. The molecule has 0 atom stereocenters. The molecule has 0 aliphatic carbocycles. The molecule has 0 aromatic rings. The second-order valence-corrected chi connectivity index (χ2v) is 0. The average Bonchev–Trinajstić information content (AvgIpc) is 1.00. The van der Waals surface area contributed by atoms with Gasteiger partial charge in [0.15, 0.2) is 0 Å². The van der Waals surface area contributed by atoms with Gasteiger partial charge in [-0.15, -0.1) is 13.2 Å². The summed E-state index contributed by atoms with van der Waals surface area (Å²) in [7, 11) is 0. The maximum absolute atomic E-state index is 3.00. The summed E-state index contributed by atoms with van der Waals surface area (Å²) >= 11 is 0. The Labute approximate surface area is 104 Å². The van der Waals surface area contributed by atoms with Crippen molar-refractivity contribution in [3.63, 3.8) is 0 Å². The van der Waals surface area contributed by atoms with Gasteiger partial charge in [0.2, 0.25) is 0 Å². The Morgan fingerprint density at radius 1 is 0.800 bits per heavy atom. The predicted molar refractivity (Wildman–Crippen MR) is 14.6 cm³/mol. The molecule has 0 aromatic carbocycles. The smallest absolute Gasteiger partial charge is 1.00 e. The van der Waals surface area contributed by atoms with Crippen LogP contribution in [0.15, 0.2) is 13.2 Å². The van der Waals surface area contributed by atoms with E-state index in [0.717, 1.165) is 0 Å². The van der Waals surface area contributed by atoms with Gasteiger partial charge in [-0.1, -0.05) is 0 Å². The first-order chi connectivity index (χ1) is 1.00. The van der Waals surface area contributed by atoms with Crippen molar-refractivity contribution < 1.29 is 93.0 Å². The monoisotopic (exact) mass is 100 g/mol. The normalized spacial score (nSPS) is 0.800. The predicted octanol–water partition coefficient (Wildman–Crippen LogP) is -7.85. The molecule has 0 radical (unpaired) electrons. The molecule has 5 heavy (non-hydrogen) atoms. The third-order valence-corrected chi connectivity index (χ3v) is 0. The molecular formula is C2H7Na3. The van der Waals surface area contributed by atoms with Crippen LogP contribution in [0.2, 0.25) is 0 Å². The second-order valence-electron chi connectivity index (χ2n) is 0. The van der Waals surface area contributed by atoms with Crippen LogP contribution in [0.25, 0.3) is 0 Å². The van der Waals surface area contributed by atoms with Crippen molar-refractivity contribution in [2.24, 2.45) is 0 Å². The fourth-order valence-electron chi connectivity index (χ4n) is 0. The summed E-state index contributed by atoms with van der Waals surface area (Å²) in [6, 6.07) is 0. The molecule has 0 aliphatic rings. The zero-order valence-corrected chi connectivity index (χ0v) is 10.4. The maximum atomic E-state index is 3.00. The van der Waals surface area contributed by atoms with Crippen LogP contribution in [-0.2, 0) is 0 Å². The van der Waals surface area contributed by atoms with Gasteiger partial charge in [-0.3, -0.25) is 0 Å². The minimum absolute atomic E-state index is 0. The quantitative estimate of drug-likeness (QED) is 0.209. The van der Waals surface area contributed by atoms with Gasteiger partial charge in [0, 0.05) is 0 Å². The molecule has 0 N–H and O–H groups in total. The SMILES string of the molecule is C=C.[H-].[H-].[H-].[Na+].[Na+].[Na+]. The Morgan fingerprint density at radius 3 is 0.800 bits per heavy atom. The van der Waals surface area contributed by atoms with Gasteiger partial charge in [0.05, 0.1) is 0 Å². The van der Waals surface area contributed by atoms with Crippen molar-refractivity contribution in [1.82, 2.24) is 0 Å². The largest absolute Gasteiger partial charge is 1.00 e. The van der Waals surface area contributed by atoms with Gasteiger partial charge < -0.3 is 4.28 Å². The van der Waals surface area contributed by atoms with Gasteiger partial charge in [-0.2, -0.15) is 0 Å². The Hall–Kier alpha value is 2.74. The molecule has 0 aliphatic heterocycles. The van der Waals surface area contributed by atoms with E-state index in [9.17, 15) is 0 Å². The molecule has 0 unspecified atom stereocenters. The molecule has 0 rings (SSSR count). The second kappa shape index (κ2) is 29.6. The van der Waals surface area contributed by atoms with E-state index in [0.29, 0.717) is 0 Å². The standard InChI is InChI=1S/C2H4.3Na.3H/c1-2;;;;;;/h1-2H2;;;;;;/q;3*+1;3*-1. The third-order valence-electron chi connectivity index (χ3n) is 0. The van der Waals surface area contributed by atoms with Gasteiger partial charge in [-0.25, -0.2) is 0 Å². The number of hydrogen-bond acceptors (Lipinski definition) is 0. The fraction of sp³-hybridized carbons (Fsp3) is 0. The molecule has 18 valence electrons. The topological polar surface area (TPSA) is 0 Å². The van der Waals surface area contributed by atoms with E-state index in [-0.39, 0.29) is 93.0 Å². The molecular weight excluding hydrogens is 93.0 g/mol. The van der Waals surface area contributed by atoms with Gasteiger partial charge in [0.1, 0.15) is 0 Å². The fourth-order valence-corrected chi connectivity index (χ4v) is 0. The molecule has 0 amide bonds. The summed E-state index contributed by atoms with van der Waals surface area (Å²) in [5.41, 5.74) is 0. The minimum atomic E-state index is 0. The number of rotatable bonds is 0. The first-order valence-corrected chi connectivity index (χ1v) is 0.500. The summed E-state index contributed by atoms with van der Waals surface area (Å²) < 4.78 is 0. The first kappa shape index (κ1) is 25.1. The third kappa shape index (κ3) is 20.2. The van der Waals surface area contributed by atoms with Crippen LogP contribution in [0.5, 0.6) is 0 Å². The average molecular weight is 100 g/mol.